The first-order valence-electron chi connectivity index (χ1n) is 8.97. The molecule has 0 saturated carbocycles. The summed E-state index contributed by atoms with van der Waals surface area (Å²) in [6.07, 6.45) is 4.32. The molecule has 1 N–H and O–H groups in total. The van der Waals surface area contributed by atoms with Crippen molar-refractivity contribution in [2.45, 2.75) is 12.8 Å². The van der Waals surface area contributed by atoms with E-state index in [-0.39, 0.29) is 11.1 Å². The topological polar surface area (TPSA) is 92.1 Å². The molecule has 0 radical (unpaired) electrons. The number of nitro benzene ring substituents is 1. The molecule has 0 amide bonds. The average molecular weight is 398 g/mol. The summed E-state index contributed by atoms with van der Waals surface area (Å²) in [4.78, 5) is 31.4. The Hall–Kier alpha value is -3.62. The number of H-pyrrole nitrogens is 1. The number of rotatable bonds is 3. The Balaban J connectivity index is 1.61. The number of anilines is 1. The highest BCUT2D eigenvalue weighted by atomic mass is 19.2. The Morgan fingerprint density at radius 3 is 2.59 bits per heavy atom. The third-order valence-corrected chi connectivity index (χ3v) is 4.99. The smallest absolute Gasteiger partial charge is 0.293 e. The Morgan fingerprint density at radius 1 is 1.14 bits per heavy atom. The van der Waals surface area contributed by atoms with Gasteiger partial charge >= 0.3 is 0 Å². The van der Waals surface area contributed by atoms with Gasteiger partial charge in [0.05, 0.1) is 22.2 Å². The van der Waals surface area contributed by atoms with Crippen LogP contribution >= 0.6 is 0 Å². The summed E-state index contributed by atoms with van der Waals surface area (Å²) in [7, 11) is 0. The third kappa shape index (κ3) is 3.71. The quantitative estimate of drug-likeness (QED) is 0.535. The number of fused-ring (bicyclic) bond motifs is 1. The van der Waals surface area contributed by atoms with Crippen molar-refractivity contribution in [2.24, 2.45) is 0 Å². The van der Waals surface area contributed by atoms with Gasteiger partial charge in [0.1, 0.15) is 5.69 Å². The first-order valence-corrected chi connectivity index (χ1v) is 8.97. The van der Waals surface area contributed by atoms with E-state index >= 15 is 0 Å². The van der Waals surface area contributed by atoms with Gasteiger partial charge in [-0.05, 0) is 36.6 Å². The van der Waals surface area contributed by atoms with Crippen LogP contribution in [0.25, 0.3) is 17.0 Å². The fourth-order valence-corrected chi connectivity index (χ4v) is 3.51. The van der Waals surface area contributed by atoms with E-state index in [1.165, 1.54) is 18.5 Å². The van der Waals surface area contributed by atoms with E-state index in [9.17, 15) is 23.7 Å². The molecule has 29 heavy (non-hydrogen) atoms. The van der Waals surface area contributed by atoms with Gasteiger partial charge in [0.2, 0.25) is 0 Å². The Morgan fingerprint density at radius 2 is 1.90 bits per heavy atom. The van der Waals surface area contributed by atoms with Gasteiger partial charge in [-0.2, -0.15) is 0 Å². The van der Waals surface area contributed by atoms with Crippen LogP contribution in [0, 0.1) is 21.7 Å². The van der Waals surface area contributed by atoms with Crippen LogP contribution in [-0.2, 0) is 0 Å². The maximum Gasteiger partial charge on any atom is 0.293 e. The van der Waals surface area contributed by atoms with Gasteiger partial charge < -0.3 is 9.88 Å². The number of benzene rings is 2. The lowest BCUT2D eigenvalue weighted by molar-refractivity contribution is -0.384. The molecule has 0 unspecified atom stereocenters. The molecule has 9 heteroatoms. The predicted octanol–water partition coefficient (Wildman–Crippen LogP) is 3.79. The Kier molecular flexibility index (Phi) is 4.79. The molecule has 0 spiro atoms. The van der Waals surface area contributed by atoms with Crippen molar-refractivity contribution < 1.29 is 13.7 Å². The minimum absolute atomic E-state index is 0.149. The molecule has 0 bridgehead atoms. The van der Waals surface area contributed by atoms with Gasteiger partial charge in [-0.15, -0.1) is 0 Å². The number of aromatic nitrogens is 2. The van der Waals surface area contributed by atoms with Crippen molar-refractivity contribution in [3.8, 4) is 0 Å². The Labute approximate surface area is 163 Å². The molecule has 3 aromatic rings. The zero-order valence-corrected chi connectivity index (χ0v) is 15.2. The highest BCUT2D eigenvalue weighted by Crippen LogP contribution is 2.34. The minimum Gasteiger partial charge on any atom is -0.365 e. The first kappa shape index (κ1) is 18.7. The van der Waals surface area contributed by atoms with Crippen LogP contribution in [0.5, 0.6) is 0 Å². The van der Waals surface area contributed by atoms with Crippen LogP contribution in [0.2, 0.25) is 0 Å². The number of nitro groups is 1. The molecule has 0 aliphatic carbocycles. The number of piperidine rings is 1. The van der Waals surface area contributed by atoms with Crippen molar-refractivity contribution in [3.05, 3.63) is 79.9 Å². The van der Waals surface area contributed by atoms with E-state index in [1.807, 2.05) is 11.0 Å². The lowest BCUT2D eigenvalue weighted by Gasteiger charge is -2.30. The minimum atomic E-state index is -0.897. The predicted molar refractivity (Wildman–Crippen MR) is 105 cm³/mol. The molecule has 4 rings (SSSR count). The van der Waals surface area contributed by atoms with E-state index in [0.717, 1.165) is 17.7 Å². The van der Waals surface area contributed by atoms with Gasteiger partial charge in [0.15, 0.2) is 11.6 Å². The number of nitrogens with one attached hydrogen (secondary N) is 1. The molecular formula is C20H16F2N4O3. The van der Waals surface area contributed by atoms with Crippen LogP contribution in [0.4, 0.5) is 20.2 Å². The van der Waals surface area contributed by atoms with E-state index in [2.05, 4.69) is 9.97 Å². The van der Waals surface area contributed by atoms with Gasteiger partial charge in [0.25, 0.3) is 11.2 Å². The third-order valence-electron chi connectivity index (χ3n) is 4.99. The molecule has 1 aliphatic rings. The fraction of sp³-hybridized carbons (Fsp3) is 0.200. The van der Waals surface area contributed by atoms with Crippen LogP contribution in [0.3, 0.4) is 0 Å². The summed E-state index contributed by atoms with van der Waals surface area (Å²) in [5, 5.41) is 11.7. The SMILES string of the molecule is O=c1[nH]cnc2cc(N3CCC(=Cc4ccc(F)c(F)c4)CC3)c([N+](=O)[O-])cc12. The zero-order valence-electron chi connectivity index (χ0n) is 15.2. The zero-order chi connectivity index (χ0) is 20.5. The summed E-state index contributed by atoms with van der Waals surface area (Å²) < 4.78 is 26.5. The first-order chi connectivity index (χ1) is 13.9. The summed E-state index contributed by atoms with van der Waals surface area (Å²) in [6, 6.07) is 6.56. The number of hydrogen-bond donors (Lipinski definition) is 1. The molecular weight excluding hydrogens is 382 g/mol. The molecule has 2 heterocycles. The number of nitrogens with zero attached hydrogens (tertiary/aromatic N) is 3. The van der Waals surface area contributed by atoms with E-state index in [1.54, 1.807) is 6.07 Å². The van der Waals surface area contributed by atoms with Gasteiger partial charge in [0, 0.05) is 19.2 Å². The molecule has 0 atom stereocenters. The van der Waals surface area contributed by atoms with Crippen molar-refractivity contribution in [3.63, 3.8) is 0 Å². The maximum atomic E-state index is 13.4. The van der Waals surface area contributed by atoms with E-state index in [4.69, 9.17) is 0 Å². The largest absolute Gasteiger partial charge is 0.365 e. The van der Waals surface area contributed by atoms with Crippen molar-refractivity contribution in [1.29, 1.82) is 0 Å². The molecule has 1 fully saturated rings. The fourth-order valence-electron chi connectivity index (χ4n) is 3.51. The maximum absolute atomic E-state index is 13.4. The van der Waals surface area contributed by atoms with E-state index in [0.29, 0.717) is 42.7 Å². The Bertz CT molecular complexity index is 1200. The standard InChI is InChI=1S/C20H16F2N4O3/c21-15-2-1-13(8-16(15)22)7-12-3-5-25(6-4-12)18-10-17-14(9-19(18)26(28)29)20(27)24-11-23-17/h1-2,7-11H,3-6H2,(H,23,24,27). The second kappa shape index (κ2) is 7.42. The summed E-state index contributed by atoms with van der Waals surface area (Å²) >= 11 is 0. The summed E-state index contributed by atoms with van der Waals surface area (Å²) in [5.41, 5.74) is 1.84. The van der Waals surface area contributed by atoms with Gasteiger partial charge in [-0.25, -0.2) is 13.8 Å². The van der Waals surface area contributed by atoms with Crippen molar-refractivity contribution in [2.75, 3.05) is 18.0 Å². The average Bonchev–Trinajstić information content (AvgIpc) is 2.71. The number of hydrogen-bond acceptors (Lipinski definition) is 5. The molecule has 1 saturated heterocycles. The van der Waals surface area contributed by atoms with Gasteiger partial charge in [-0.3, -0.25) is 14.9 Å². The van der Waals surface area contributed by atoms with Crippen LogP contribution in [0.1, 0.15) is 18.4 Å². The highest BCUT2D eigenvalue weighted by Gasteiger charge is 2.24. The van der Waals surface area contributed by atoms with Crippen LogP contribution < -0.4 is 10.5 Å². The van der Waals surface area contributed by atoms with Crippen LogP contribution in [-0.4, -0.2) is 28.0 Å². The molecule has 148 valence electrons. The summed E-state index contributed by atoms with van der Waals surface area (Å²) in [5.74, 6) is -1.79. The number of aromatic amines is 1. The monoisotopic (exact) mass is 398 g/mol. The van der Waals surface area contributed by atoms with Crippen molar-refractivity contribution >= 4 is 28.4 Å². The molecule has 1 aliphatic heterocycles. The summed E-state index contributed by atoms with van der Waals surface area (Å²) in [6.45, 7) is 1.04. The molecule has 1 aromatic heterocycles. The van der Waals surface area contributed by atoms with Gasteiger partial charge in [-0.1, -0.05) is 17.7 Å². The number of halogens is 2. The second-order valence-electron chi connectivity index (χ2n) is 6.81. The van der Waals surface area contributed by atoms with E-state index < -0.39 is 22.1 Å². The molecule has 7 nitrogen and oxygen atoms in total. The second-order valence-corrected chi connectivity index (χ2v) is 6.81. The normalized spacial score (nSPS) is 14.3. The lowest BCUT2D eigenvalue weighted by atomic mass is 10.00. The lowest BCUT2D eigenvalue weighted by Crippen LogP contribution is -2.31. The van der Waals surface area contributed by atoms with Crippen LogP contribution in [0.15, 0.2) is 47.0 Å². The highest BCUT2D eigenvalue weighted by molar-refractivity contribution is 5.87. The molecule has 2 aromatic carbocycles. The van der Waals surface area contributed by atoms with Crippen molar-refractivity contribution in [1.82, 2.24) is 9.97 Å².